The summed E-state index contributed by atoms with van der Waals surface area (Å²) in [6.45, 7) is 1.71. The molecule has 1 aliphatic rings. The predicted molar refractivity (Wildman–Crippen MR) is 71.1 cm³/mol. The molecule has 1 saturated carbocycles. The number of carbonyl (C=O) groups excluding carboxylic acids is 1. The molecule has 0 saturated heterocycles. The molecular weight excluding hydrogens is 282 g/mol. The highest BCUT2D eigenvalue weighted by Gasteiger charge is 2.19. The van der Waals surface area contributed by atoms with Gasteiger partial charge in [-0.1, -0.05) is 0 Å². The zero-order valence-corrected chi connectivity index (χ0v) is 11.6. The number of aryl methyl sites for hydroxylation is 1. The zero-order valence-electron chi connectivity index (χ0n) is 10.0. The van der Waals surface area contributed by atoms with E-state index in [1.165, 1.54) is 12.8 Å². The van der Waals surface area contributed by atoms with Crippen molar-refractivity contribution in [1.82, 2.24) is 15.2 Å². The number of nitrogens with one attached hydrogen (secondary N) is 2. The molecule has 0 atom stereocenters. The van der Waals surface area contributed by atoms with Crippen molar-refractivity contribution in [2.24, 2.45) is 7.05 Å². The summed E-state index contributed by atoms with van der Waals surface area (Å²) in [6, 6.07) is 2.58. The van der Waals surface area contributed by atoms with Gasteiger partial charge in [0.2, 0.25) is 0 Å². The molecule has 17 heavy (non-hydrogen) atoms. The first-order valence-corrected chi connectivity index (χ1v) is 6.79. The summed E-state index contributed by atoms with van der Waals surface area (Å²) in [5, 5.41) is 6.35. The number of halogens is 1. The Kier molecular flexibility index (Phi) is 4.23. The van der Waals surface area contributed by atoms with Gasteiger partial charge < -0.3 is 15.2 Å². The summed E-state index contributed by atoms with van der Waals surface area (Å²) in [4.78, 5) is 11.8. The van der Waals surface area contributed by atoms with Crippen LogP contribution in [0.4, 0.5) is 0 Å². The Hall–Kier alpha value is -0.810. The summed E-state index contributed by atoms with van der Waals surface area (Å²) in [5.74, 6) is -0.00961. The topological polar surface area (TPSA) is 46.1 Å². The van der Waals surface area contributed by atoms with Gasteiger partial charge in [0.1, 0.15) is 5.69 Å². The van der Waals surface area contributed by atoms with Crippen molar-refractivity contribution >= 4 is 21.8 Å². The van der Waals surface area contributed by atoms with Crippen molar-refractivity contribution in [1.29, 1.82) is 0 Å². The standard InChI is InChI=1S/C12H18BrN3O/c1-16-8-9(13)7-11(16)12(17)15-6-2-5-14-10-3-4-10/h7-8,10,14H,2-6H2,1H3,(H,15,17). The van der Waals surface area contributed by atoms with Crippen LogP contribution < -0.4 is 10.6 Å². The Morgan fingerprint density at radius 3 is 2.88 bits per heavy atom. The lowest BCUT2D eigenvalue weighted by molar-refractivity contribution is 0.0945. The van der Waals surface area contributed by atoms with Crippen LogP contribution in [-0.2, 0) is 7.05 Å². The second-order valence-electron chi connectivity index (χ2n) is 4.49. The van der Waals surface area contributed by atoms with Crippen molar-refractivity contribution < 1.29 is 4.79 Å². The summed E-state index contributed by atoms with van der Waals surface area (Å²) < 4.78 is 2.75. The average molecular weight is 300 g/mol. The highest BCUT2D eigenvalue weighted by molar-refractivity contribution is 9.10. The van der Waals surface area contributed by atoms with Gasteiger partial charge in [0.05, 0.1) is 0 Å². The van der Waals surface area contributed by atoms with Gasteiger partial charge in [-0.15, -0.1) is 0 Å². The summed E-state index contributed by atoms with van der Waals surface area (Å²) in [5.41, 5.74) is 0.687. The maximum atomic E-state index is 11.8. The smallest absolute Gasteiger partial charge is 0.267 e. The molecule has 2 rings (SSSR count). The monoisotopic (exact) mass is 299 g/mol. The zero-order chi connectivity index (χ0) is 12.3. The Morgan fingerprint density at radius 1 is 1.53 bits per heavy atom. The Bertz CT molecular complexity index is 398. The van der Waals surface area contributed by atoms with E-state index in [0.29, 0.717) is 5.69 Å². The van der Waals surface area contributed by atoms with E-state index in [2.05, 4.69) is 26.6 Å². The average Bonchev–Trinajstić information content (AvgIpc) is 3.03. The molecule has 0 bridgehead atoms. The number of hydrogen-bond acceptors (Lipinski definition) is 2. The Labute approximate surface area is 110 Å². The summed E-state index contributed by atoms with van der Waals surface area (Å²) >= 11 is 3.36. The quantitative estimate of drug-likeness (QED) is 0.785. The van der Waals surface area contributed by atoms with Gasteiger partial charge in [-0.3, -0.25) is 4.79 Å². The normalized spacial score (nSPS) is 14.9. The number of rotatable bonds is 6. The third kappa shape index (κ3) is 3.85. The van der Waals surface area contributed by atoms with Crippen LogP contribution >= 0.6 is 15.9 Å². The van der Waals surface area contributed by atoms with Crippen LogP contribution in [0.1, 0.15) is 29.8 Å². The lowest BCUT2D eigenvalue weighted by atomic mass is 10.3. The molecule has 2 N–H and O–H groups in total. The van der Waals surface area contributed by atoms with Gasteiger partial charge in [0, 0.05) is 30.3 Å². The first-order valence-electron chi connectivity index (χ1n) is 6.00. The fourth-order valence-corrected chi connectivity index (χ4v) is 2.25. The van der Waals surface area contributed by atoms with Crippen LogP contribution in [0, 0.1) is 0 Å². The number of aromatic nitrogens is 1. The van der Waals surface area contributed by atoms with Crippen molar-refractivity contribution in [3.63, 3.8) is 0 Å². The maximum absolute atomic E-state index is 11.8. The second-order valence-corrected chi connectivity index (χ2v) is 5.41. The molecule has 1 heterocycles. The Balaban J connectivity index is 1.67. The van der Waals surface area contributed by atoms with Crippen molar-refractivity contribution in [2.45, 2.75) is 25.3 Å². The fraction of sp³-hybridized carbons (Fsp3) is 0.583. The maximum Gasteiger partial charge on any atom is 0.267 e. The molecule has 94 valence electrons. The molecule has 1 aromatic heterocycles. The van der Waals surface area contributed by atoms with Crippen LogP contribution in [0.5, 0.6) is 0 Å². The summed E-state index contributed by atoms with van der Waals surface area (Å²) in [7, 11) is 1.87. The van der Waals surface area contributed by atoms with Gasteiger partial charge in [-0.25, -0.2) is 0 Å². The van der Waals surface area contributed by atoms with E-state index >= 15 is 0 Å². The Morgan fingerprint density at radius 2 is 2.29 bits per heavy atom. The molecule has 5 heteroatoms. The van der Waals surface area contributed by atoms with Crippen molar-refractivity contribution in [3.8, 4) is 0 Å². The minimum atomic E-state index is -0.00961. The molecule has 4 nitrogen and oxygen atoms in total. The van der Waals surface area contributed by atoms with E-state index in [4.69, 9.17) is 0 Å². The molecule has 0 aliphatic heterocycles. The van der Waals surface area contributed by atoms with E-state index in [0.717, 1.165) is 30.0 Å². The van der Waals surface area contributed by atoms with E-state index in [1.807, 2.05) is 23.9 Å². The van der Waals surface area contributed by atoms with E-state index in [1.54, 1.807) is 0 Å². The number of hydrogen-bond donors (Lipinski definition) is 2. The molecule has 0 radical (unpaired) electrons. The van der Waals surface area contributed by atoms with Crippen LogP contribution in [0.2, 0.25) is 0 Å². The van der Waals surface area contributed by atoms with E-state index < -0.39 is 0 Å². The second kappa shape index (κ2) is 5.69. The third-order valence-corrected chi connectivity index (χ3v) is 3.29. The molecule has 0 unspecified atom stereocenters. The fourth-order valence-electron chi connectivity index (χ4n) is 1.72. The van der Waals surface area contributed by atoms with Gasteiger partial charge in [-0.2, -0.15) is 0 Å². The van der Waals surface area contributed by atoms with Gasteiger partial charge in [-0.05, 0) is 47.8 Å². The van der Waals surface area contributed by atoms with Crippen LogP contribution in [0.3, 0.4) is 0 Å². The molecule has 1 amide bonds. The number of nitrogens with zero attached hydrogens (tertiary/aromatic N) is 1. The summed E-state index contributed by atoms with van der Waals surface area (Å²) in [6.07, 6.45) is 5.48. The predicted octanol–water partition coefficient (Wildman–Crippen LogP) is 1.66. The molecule has 0 aromatic carbocycles. The van der Waals surface area contributed by atoms with Gasteiger partial charge >= 0.3 is 0 Å². The van der Waals surface area contributed by atoms with E-state index in [-0.39, 0.29) is 5.91 Å². The highest BCUT2D eigenvalue weighted by atomic mass is 79.9. The molecule has 1 fully saturated rings. The minimum Gasteiger partial charge on any atom is -0.351 e. The van der Waals surface area contributed by atoms with Gasteiger partial charge in [0.15, 0.2) is 0 Å². The molecule has 0 spiro atoms. The molecular formula is C12H18BrN3O. The van der Waals surface area contributed by atoms with Crippen LogP contribution in [0.25, 0.3) is 0 Å². The SMILES string of the molecule is Cn1cc(Br)cc1C(=O)NCCCNC1CC1. The van der Waals surface area contributed by atoms with Crippen LogP contribution in [-0.4, -0.2) is 29.6 Å². The first-order chi connectivity index (χ1) is 8.16. The third-order valence-electron chi connectivity index (χ3n) is 2.85. The highest BCUT2D eigenvalue weighted by Crippen LogP contribution is 2.18. The van der Waals surface area contributed by atoms with Crippen LogP contribution in [0.15, 0.2) is 16.7 Å². The number of carbonyl (C=O) groups is 1. The lowest BCUT2D eigenvalue weighted by Crippen LogP contribution is -2.29. The first kappa shape index (κ1) is 12.6. The van der Waals surface area contributed by atoms with E-state index in [9.17, 15) is 4.79 Å². The largest absolute Gasteiger partial charge is 0.351 e. The minimum absolute atomic E-state index is 0.00961. The lowest BCUT2D eigenvalue weighted by Gasteiger charge is -2.06. The van der Waals surface area contributed by atoms with Gasteiger partial charge in [0.25, 0.3) is 5.91 Å². The van der Waals surface area contributed by atoms with Crippen molar-refractivity contribution in [2.75, 3.05) is 13.1 Å². The van der Waals surface area contributed by atoms with Crippen molar-refractivity contribution in [3.05, 3.63) is 22.4 Å². The molecule has 1 aromatic rings. The molecule has 1 aliphatic carbocycles. The number of amides is 1.